The average Bonchev–Trinajstić information content (AvgIpc) is 2.16. The van der Waals surface area contributed by atoms with Crippen LogP contribution in [0.15, 0.2) is 22.7 Å². The monoisotopic (exact) mass is 244 g/mol. The van der Waals surface area contributed by atoms with Gasteiger partial charge in [-0.3, -0.25) is 0 Å². The van der Waals surface area contributed by atoms with Crippen molar-refractivity contribution in [1.29, 1.82) is 0 Å². The molecule has 0 spiro atoms. The molecule has 13 heavy (non-hydrogen) atoms. The molecule has 1 rings (SSSR count). The van der Waals surface area contributed by atoms with Crippen LogP contribution in [0.4, 0.5) is 0 Å². The van der Waals surface area contributed by atoms with Crippen LogP contribution in [-0.2, 0) is 0 Å². The molecule has 0 aromatic heterocycles. The summed E-state index contributed by atoms with van der Waals surface area (Å²) in [5, 5.41) is 0. The minimum Gasteiger partial charge on any atom is -0.493 e. The predicted octanol–water partition coefficient (Wildman–Crippen LogP) is 3.25. The van der Waals surface area contributed by atoms with Gasteiger partial charge in [-0.25, -0.2) is 0 Å². The Kier molecular flexibility index (Phi) is 4.09. The van der Waals surface area contributed by atoms with E-state index < -0.39 is 0 Å². The average molecular weight is 245 g/mol. The molecular weight excluding hydrogens is 232 g/mol. The largest absolute Gasteiger partial charge is 0.493 e. The van der Waals surface area contributed by atoms with Gasteiger partial charge in [-0.1, -0.05) is 22.9 Å². The van der Waals surface area contributed by atoms with Gasteiger partial charge < -0.3 is 9.47 Å². The molecule has 0 aliphatic rings. The third-order valence-corrected chi connectivity index (χ3v) is 2.08. The topological polar surface area (TPSA) is 18.5 Å². The van der Waals surface area contributed by atoms with Crippen LogP contribution in [0.5, 0.6) is 11.5 Å². The van der Waals surface area contributed by atoms with Crippen molar-refractivity contribution in [3.8, 4) is 11.5 Å². The fourth-order valence-corrected chi connectivity index (χ4v) is 1.31. The van der Waals surface area contributed by atoms with Crippen molar-refractivity contribution in [3.63, 3.8) is 0 Å². The van der Waals surface area contributed by atoms with Crippen molar-refractivity contribution < 1.29 is 9.47 Å². The van der Waals surface area contributed by atoms with Crippen LogP contribution in [0.1, 0.15) is 13.3 Å². The van der Waals surface area contributed by atoms with E-state index in [9.17, 15) is 0 Å². The van der Waals surface area contributed by atoms with Gasteiger partial charge in [0.15, 0.2) is 11.5 Å². The Labute approximate surface area is 87.0 Å². The maximum Gasteiger partial charge on any atom is 0.161 e. The van der Waals surface area contributed by atoms with Crippen LogP contribution in [0, 0.1) is 0 Å². The molecule has 0 aliphatic carbocycles. The fraction of sp³-hybridized carbons (Fsp3) is 0.400. The van der Waals surface area contributed by atoms with Gasteiger partial charge in [0.2, 0.25) is 0 Å². The standard InChI is InChI=1S/C10H13BrO2/c1-3-6-13-9-5-4-8(11)7-10(9)12-2/h4-5,7H,3,6H2,1-2H3. The first-order valence-electron chi connectivity index (χ1n) is 4.24. The molecule has 0 radical (unpaired) electrons. The van der Waals surface area contributed by atoms with Crippen molar-refractivity contribution in [3.05, 3.63) is 22.7 Å². The maximum atomic E-state index is 5.49. The Bertz CT molecular complexity index is 274. The highest BCUT2D eigenvalue weighted by Crippen LogP contribution is 2.30. The number of benzene rings is 1. The van der Waals surface area contributed by atoms with Gasteiger partial charge in [0.25, 0.3) is 0 Å². The summed E-state index contributed by atoms with van der Waals surface area (Å²) in [5.41, 5.74) is 0. The number of halogens is 1. The Morgan fingerprint density at radius 3 is 2.69 bits per heavy atom. The molecule has 0 atom stereocenters. The van der Waals surface area contributed by atoms with E-state index in [4.69, 9.17) is 9.47 Å². The highest BCUT2D eigenvalue weighted by atomic mass is 79.9. The fourth-order valence-electron chi connectivity index (χ4n) is 0.973. The van der Waals surface area contributed by atoms with E-state index >= 15 is 0 Å². The maximum absolute atomic E-state index is 5.49. The minimum absolute atomic E-state index is 0.720. The quantitative estimate of drug-likeness (QED) is 0.810. The smallest absolute Gasteiger partial charge is 0.161 e. The third-order valence-electron chi connectivity index (χ3n) is 1.59. The Morgan fingerprint density at radius 1 is 1.31 bits per heavy atom. The second-order valence-electron chi connectivity index (χ2n) is 2.64. The lowest BCUT2D eigenvalue weighted by atomic mass is 10.3. The zero-order valence-corrected chi connectivity index (χ0v) is 9.43. The SMILES string of the molecule is CCCOc1ccc(Br)cc1OC. The van der Waals surface area contributed by atoms with E-state index in [2.05, 4.69) is 22.9 Å². The summed E-state index contributed by atoms with van der Waals surface area (Å²) in [6, 6.07) is 5.73. The number of ether oxygens (including phenoxy) is 2. The predicted molar refractivity (Wildman–Crippen MR) is 56.5 cm³/mol. The van der Waals surface area contributed by atoms with Crippen molar-refractivity contribution in [1.82, 2.24) is 0 Å². The van der Waals surface area contributed by atoms with Gasteiger partial charge in [-0.2, -0.15) is 0 Å². The van der Waals surface area contributed by atoms with Crippen molar-refractivity contribution in [2.24, 2.45) is 0 Å². The first-order chi connectivity index (χ1) is 6.27. The van der Waals surface area contributed by atoms with Crippen LogP contribution in [-0.4, -0.2) is 13.7 Å². The lowest BCUT2D eigenvalue weighted by molar-refractivity contribution is 0.294. The second kappa shape index (κ2) is 5.12. The highest BCUT2D eigenvalue weighted by Gasteiger charge is 2.03. The lowest BCUT2D eigenvalue weighted by Gasteiger charge is -2.09. The summed E-state index contributed by atoms with van der Waals surface area (Å²) in [6.07, 6.45) is 0.999. The van der Waals surface area contributed by atoms with E-state index in [-0.39, 0.29) is 0 Å². The molecule has 1 aromatic carbocycles. The third kappa shape index (κ3) is 2.92. The molecule has 72 valence electrons. The van der Waals surface area contributed by atoms with Gasteiger partial charge in [0, 0.05) is 4.47 Å². The summed E-state index contributed by atoms with van der Waals surface area (Å²) in [7, 11) is 1.64. The number of rotatable bonds is 4. The molecule has 2 nitrogen and oxygen atoms in total. The summed E-state index contributed by atoms with van der Waals surface area (Å²) in [4.78, 5) is 0. The van der Waals surface area contributed by atoms with Crippen LogP contribution in [0.25, 0.3) is 0 Å². The molecule has 0 N–H and O–H groups in total. The normalized spacial score (nSPS) is 9.77. The van der Waals surface area contributed by atoms with E-state index in [1.165, 1.54) is 0 Å². The zero-order chi connectivity index (χ0) is 9.68. The molecule has 0 bridgehead atoms. The number of methoxy groups -OCH3 is 1. The summed E-state index contributed by atoms with van der Waals surface area (Å²) in [6.45, 7) is 2.79. The van der Waals surface area contributed by atoms with Crippen molar-refractivity contribution >= 4 is 15.9 Å². The van der Waals surface area contributed by atoms with Gasteiger partial charge in [-0.05, 0) is 24.6 Å². The van der Waals surface area contributed by atoms with Crippen molar-refractivity contribution in [2.45, 2.75) is 13.3 Å². The van der Waals surface area contributed by atoms with Gasteiger partial charge in [0.05, 0.1) is 13.7 Å². The molecule has 0 heterocycles. The first kappa shape index (κ1) is 10.4. The Hall–Kier alpha value is -0.700. The molecule has 0 fully saturated rings. The minimum atomic E-state index is 0.720. The first-order valence-corrected chi connectivity index (χ1v) is 5.03. The summed E-state index contributed by atoms with van der Waals surface area (Å²) >= 11 is 3.37. The van der Waals surface area contributed by atoms with E-state index in [1.807, 2.05) is 18.2 Å². The molecular formula is C10H13BrO2. The van der Waals surface area contributed by atoms with Crippen LogP contribution < -0.4 is 9.47 Å². The molecule has 0 saturated heterocycles. The molecule has 3 heteroatoms. The molecule has 0 amide bonds. The van der Waals surface area contributed by atoms with Crippen LogP contribution in [0.2, 0.25) is 0 Å². The molecule has 0 unspecified atom stereocenters. The Balaban J connectivity index is 2.79. The van der Waals surface area contributed by atoms with Gasteiger partial charge in [-0.15, -0.1) is 0 Å². The lowest BCUT2D eigenvalue weighted by Crippen LogP contribution is -1.97. The van der Waals surface area contributed by atoms with Crippen LogP contribution >= 0.6 is 15.9 Å². The summed E-state index contributed by atoms with van der Waals surface area (Å²) in [5.74, 6) is 1.57. The summed E-state index contributed by atoms with van der Waals surface area (Å²) < 4.78 is 11.6. The van der Waals surface area contributed by atoms with Gasteiger partial charge in [0.1, 0.15) is 0 Å². The molecule has 0 saturated carbocycles. The number of hydrogen-bond acceptors (Lipinski definition) is 2. The second-order valence-corrected chi connectivity index (χ2v) is 3.56. The molecule has 0 aliphatic heterocycles. The van der Waals surface area contributed by atoms with E-state index in [1.54, 1.807) is 7.11 Å². The van der Waals surface area contributed by atoms with E-state index in [0.29, 0.717) is 0 Å². The Morgan fingerprint density at radius 2 is 2.08 bits per heavy atom. The van der Waals surface area contributed by atoms with Crippen LogP contribution in [0.3, 0.4) is 0 Å². The van der Waals surface area contributed by atoms with Crippen molar-refractivity contribution in [2.75, 3.05) is 13.7 Å². The molecule has 1 aromatic rings. The van der Waals surface area contributed by atoms with E-state index in [0.717, 1.165) is 29.0 Å². The zero-order valence-electron chi connectivity index (χ0n) is 7.84. The highest BCUT2D eigenvalue weighted by molar-refractivity contribution is 9.10. The number of hydrogen-bond donors (Lipinski definition) is 0. The van der Waals surface area contributed by atoms with Gasteiger partial charge >= 0.3 is 0 Å².